The first-order chi connectivity index (χ1) is 14.5. The molecule has 0 spiro atoms. The molecule has 152 valence electrons. The maximum absolute atomic E-state index is 13.1. The van der Waals surface area contributed by atoms with Crippen LogP contribution in [0.25, 0.3) is 11.8 Å². The van der Waals surface area contributed by atoms with Crippen LogP contribution in [-0.4, -0.2) is 27.7 Å². The fourth-order valence-electron chi connectivity index (χ4n) is 3.30. The number of halogens is 1. The molecule has 1 aromatic heterocycles. The maximum Gasteiger partial charge on any atom is 0.293 e. The van der Waals surface area contributed by atoms with E-state index in [1.807, 2.05) is 47.9 Å². The van der Waals surface area contributed by atoms with Crippen molar-refractivity contribution in [2.24, 2.45) is 0 Å². The van der Waals surface area contributed by atoms with E-state index in [9.17, 15) is 14.0 Å². The van der Waals surface area contributed by atoms with E-state index >= 15 is 0 Å². The predicted molar refractivity (Wildman–Crippen MR) is 115 cm³/mol. The molecule has 0 N–H and O–H groups in total. The van der Waals surface area contributed by atoms with Crippen molar-refractivity contribution in [2.75, 3.05) is 7.11 Å². The third kappa shape index (κ3) is 3.89. The zero-order valence-corrected chi connectivity index (χ0v) is 17.3. The van der Waals surface area contributed by atoms with Crippen LogP contribution in [0.1, 0.15) is 17.0 Å². The third-order valence-corrected chi connectivity index (χ3v) is 5.75. The van der Waals surface area contributed by atoms with Gasteiger partial charge in [-0.3, -0.25) is 14.5 Å². The molecular formula is C23H19FN2O3S. The number of nitrogens with zero attached hydrogens (tertiary/aromatic N) is 2. The van der Waals surface area contributed by atoms with Gasteiger partial charge in [-0.15, -0.1) is 0 Å². The first-order valence-corrected chi connectivity index (χ1v) is 10.1. The zero-order chi connectivity index (χ0) is 21.3. The monoisotopic (exact) mass is 422 g/mol. The summed E-state index contributed by atoms with van der Waals surface area (Å²) in [7, 11) is 1.61. The summed E-state index contributed by atoms with van der Waals surface area (Å²) in [5.41, 5.74) is 3.41. The highest BCUT2D eigenvalue weighted by molar-refractivity contribution is 8.18. The van der Waals surface area contributed by atoms with E-state index in [4.69, 9.17) is 4.74 Å². The van der Waals surface area contributed by atoms with Gasteiger partial charge in [0.1, 0.15) is 11.6 Å². The van der Waals surface area contributed by atoms with Crippen LogP contribution in [0.2, 0.25) is 0 Å². The number of hydrogen-bond acceptors (Lipinski definition) is 4. The molecule has 0 aliphatic carbocycles. The highest BCUT2D eigenvalue weighted by Crippen LogP contribution is 2.34. The topological polar surface area (TPSA) is 51.5 Å². The summed E-state index contributed by atoms with van der Waals surface area (Å²) in [5.74, 6) is 0.0453. The van der Waals surface area contributed by atoms with Gasteiger partial charge in [0.2, 0.25) is 0 Å². The number of rotatable bonds is 5. The van der Waals surface area contributed by atoms with Crippen molar-refractivity contribution < 1.29 is 18.7 Å². The van der Waals surface area contributed by atoms with Gasteiger partial charge in [0.25, 0.3) is 11.1 Å². The molecule has 2 heterocycles. The number of thioether (sulfide) groups is 1. The minimum Gasteiger partial charge on any atom is -0.497 e. The van der Waals surface area contributed by atoms with Crippen molar-refractivity contribution in [3.63, 3.8) is 0 Å². The summed E-state index contributed by atoms with van der Waals surface area (Å²) in [4.78, 5) is 26.8. The molecule has 0 bridgehead atoms. The number of aromatic nitrogens is 1. The Kier molecular flexibility index (Phi) is 5.46. The Morgan fingerprint density at radius 1 is 1.00 bits per heavy atom. The fourth-order valence-corrected chi connectivity index (χ4v) is 4.12. The highest BCUT2D eigenvalue weighted by atomic mass is 32.2. The average Bonchev–Trinajstić information content (AvgIpc) is 3.24. The lowest BCUT2D eigenvalue weighted by atomic mass is 10.2. The quantitative estimate of drug-likeness (QED) is 0.533. The van der Waals surface area contributed by atoms with Gasteiger partial charge >= 0.3 is 0 Å². The molecule has 3 aromatic rings. The van der Waals surface area contributed by atoms with E-state index in [0.717, 1.165) is 34.6 Å². The molecular weight excluding hydrogens is 403 g/mol. The molecule has 4 rings (SSSR count). The van der Waals surface area contributed by atoms with E-state index < -0.39 is 0 Å². The molecule has 2 aromatic carbocycles. The average molecular weight is 422 g/mol. The molecule has 5 nitrogen and oxygen atoms in total. The number of aryl methyl sites for hydroxylation is 1. The van der Waals surface area contributed by atoms with E-state index in [-0.39, 0.29) is 23.5 Å². The number of hydrogen-bond donors (Lipinski definition) is 0. The third-order valence-electron chi connectivity index (χ3n) is 4.84. The minimum atomic E-state index is -0.359. The Morgan fingerprint density at radius 3 is 2.37 bits per heavy atom. The zero-order valence-electron chi connectivity index (χ0n) is 16.5. The summed E-state index contributed by atoms with van der Waals surface area (Å²) in [5, 5.41) is -0.338. The molecule has 1 saturated heterocycles. The summed E-state index contributed by atoms with van der Waals surface area (Å²) in [6.45, 7) is 2.09. The summed E-state index contributed by atoms with van der Waals surface area (Å²) in [6.07, 6.45) is 1.73. The summed E-state index contributed by atoms with van der Waals surface area (Å²) in [6, 6.07) is 17.2. The van der Waals surface area contributed by atoms with Crippen LogP contribution in [-0.2, 0) is 11.3 Å². The fraction of sp³-hybridized carbons (Fsp3) is 0.130. The van der Waals surface area contributed by atoms with Gasteiger partial charge in [-0.05, 0) is 78.9 Å². The lowest BCUT2D eigenvalue weighted by Crippen LogP contribution is -2.27. The van der Waals surface area contributed by atoms with Gasteiger partial charge < -0.3 is 9.30 Å². The van der Waals surface area contributed by atoms with Crippen molar-refractivity contribution in [1.82, 2.24) is 9.47 Å². The smallest absolute Gasteiger partial charge is 0.293 e. The van der Waals surface area contributed by atoms with E-state index in [2.05, 4.69) is 0 Å². The number of imide groups is 1. The molecule has 1 fully saturated rings. The highest BCUT2D eigenvalue weighted by Gasteiger charge is 2.35. The van der Waals surface area contributed by atoms with Crippen LogP contribution in [0.15, 0.2) is 65.6 Å². The predicted octanol–water partition coefficient (Wildman–Crippen LogP) is 5.17. The molecule has 0 radical (unpaired) electrons. The Hall–Kier alpha value is -3.32. The molecule has 30 heavy (non-hydrogen) atoms. The molecule has 7 heteroatoms. The van der Waals surface area contributed by atoms with Gasteiger partial charge in [-0.1, -0.05) is 12.1 Å². The van der Waals surface area contributed by atoms with Crippen LogP contribution in [0.5, 0.6) is 5.75 Å². The molecule has 1 aliphatic rings. The molecule has 2 amide bonds. The maximum atomic E-state index is 13.1. The van der Waals surface area contributed by atoms with Crippen molar-refractivity contribution >= 4 is 29.0 Å². The van der Waals surface area contributed by atoms with E-state index in [1.54, 1.807) is 25.3 Å². The lowest BCUT2D eigenvalue weighted by molar-refractivity contribution is -0.123. The van der Waals surface area contributed by atoms with Gasteiger partial charge in [0.15, 0.2) is 0 Å². The number of methoxy groups -OCH3 is 1. The molecule has 0 unspecified atom stereocenters. The molecule has 1 aliphatic heterocycles. The Balaban J connectivity index is 1.61. The second kappa shape index (κ2) is 8.20. The lowest BCUT2D eigenvalue weighted by Gasteiger charge is -2.12. The molecule has 0 saturated carbocycles. The molecule has 0 atom stereocenters. The van der Waals surface area contributed by atoms with Gasteiger partial charge in [-0.25, -0.2) is 4.39 Å². The van der Waals surface area contributed by atoms with Gasteiger partial charge in [-0.2, -0.15) is 0 Å². The first-order valence-electron chi connectivity index (χ1n) is 9.29. The number of carbonyl (C=O) groups is 2. The van der Waals surface area contributed by atoms with Crippen LogP contribution < -0.4 is 4.74 Å². The van der Waals surface area contributed by atoms with Crippen molar-refractivity contribution in [3.05, 3.63) is 88.3 Å². The Morgan fingerprint density at radius 2 is 1.70 bits per heavy atom. The SMILES string of the molecule is COc1ccc(-n2c(C)ccc2/C=C2\SC(=O)N(Cc3ccc(F)cc3)C2=O)cc1. The Labute approximate surface area is 177 Å². The van der Waals surface area contributed by atoms with Crippen LogP contribution >= 0.6 is 11.8 Å². The largest absolute Gasteiger partial charge is 0.497 e. The van der Waals surface area contributed by atoms with Gasteiger partial charge in [0, 0.05) is 17.1 Å². The number of amides is 2. The normalized spacial score (nSPS) is 15.3. The van der Waals surface area contributed by atoms with Crippen molar-refractivity contribution in [2.45, 2.75) is 13.5 Å². The van der Waals surface area contributed by atoms with E-state index in [0.29, 0.717) is 10.5 Å². The minimum absolute atomic E-state index is 0.112. The van der Waals surface area contributed by atoms with Crippen LogP contribution in [0.4, 0.5) is 9.18 Å². The van der Waals surface area contributed by atoms with Crippen LogP contribution in [0, 0.1) is 12.7 Å². The number of benzene rings is 2. The van der Waals surface area contributed by atoms with Crippen LogP contribution in [0.3, 0.4) is 0 Å². The van der Waals surface area contributed by atoms with E-state index in [1.165, 1.54) is 17.0 Å². The standard InChI is InChI=1S/C23H19FN2O3S/c1-15-3-8-19(26(15)18-9-11-20(29-2)12-10-18)13-21-22(27)25(23(28)30-21)14-16-4-6-17(24)7-5-16/h3-13H,14H2,1-2H3/b21-13-. The number of ether oxygens (including phenoxy) is 1. The van der Waals surface area contributed by atoms with Gasteiger partial charge in [0.05, 0.1) is 18.6 Å². The first kappa shape index (κ1) is 20.0. The summed E-state index contributed by atoms with van der Waals surface area (Å²) < 4.78 is 20.3. The Bertz CT molecular complexity index is 1130. The number of carbonyl (C=O) groups excluding carboxylic acids is 2. The second-order valence-electron chi connectivity index (χ2n) is 6.83. The van der Waals surface area contributed by atoms with Crippen molar-refractivity contribution in [1.29, 1.82) is 0 Å². The second-order valence-corrected chi connectivity index (χ2v) is 7.82. The van der Waals surface area contributed by atoms with Crippen molar-refractivity contribution in [3.8, 4) is 11.4 Å². The summed E-state index contributed by atoms with van der Waals surface area (Å²) >= 11 is 0.909.